The fourth-order valence-corrected chi connectivity index (χ4v) is 2.68. The molecule has 1 amide bonds. The van der Waals surface area contributed by atoms with E-state index in [0.717, 1.165) is 6.07 Å². The van der Waals surface area contributed by atoms with Crippen LogP contribution in [0.4, 0.5) is 8.78 Å². The molecule has 2 N–H and O–H groups in total. The second-order valence-electron chi connectivity index (χ2n) is 6.10. The van der Waals surface area contributed by atoms with Gasteiger partial charge < -0.3 is 15.2 Å². The van der Waals surface area contributed by atoms with Crippen LogP contribution in [0.3, 0.4) is 0 Å². The standard InChI is InChI=1S/C19H19F2NO4/c1-19(11-18(24)25,13-4-3-5-15(9-13)26-2)22-17(23)8-12-6-7-14(20)10-16(12)21/h3-7,9-10H,8,11H2,1-2H3,(H,22,23)(H,24,25). The number of carboxylic acid groups (broad SMARTS) is 1. The lowest BCUT2D eigenvalue weighted by atomic mass is 9.88. The third-order valence-electron chi connectivity index (χ3n) is 3.99. The van der Waals surface area contributed by atoms with Gasteiger partial charge >= 0.3 is 5.97 Å². The topological polar surface area (TPSA) is 75.6 Å². The molecule has 1 atom stereocenters. The Bertz CT molecular complexity index is 825. The Morgan fingerprint density at radius 2 is 1.92 bits per heavy atom. The number of carbonyl (C=O) groups is 2. The van der Waals surface area contributed by atoms with E-state index in [1.165, 1.54) is 13.2 Å². The average molecular weight is 363 g/mol. The molecule has 2 rings (SSSR count). The molecule has 0 heterocycles. The van der Waals surface area contributed by atoms with E-state index in [1.807, 2.05) is 0 Å². The first-order chi connectivity index (χ1) is 12.2. The van der Waals surface area contributed by atoms with Crippen molar-refractivity contribution in [3.63, 3.8) is 0 Å². The highest BCUT2D eigenvalue weighted by molar-refractivity contribution is 5.81. The van der Waals surface area contributed by atoms with Crippen LogP contribution in [-0.4, -0.2) is 24.1 Å². The summed E-state index contributed by atoms with van der Waals surface area (Å²) in [5, 5.41) is 11.9. The summed E-state index contributed by atoms with van der Waals surface area (Å²) in [7, 11) is 1.48. The van der Waals surface area contributed by atoms with E-state index in [9.17, 15) is 23.5 Å². The fourth-order valence-electron chi connectivity index (χ4n) is 2.68. The van der Waals surface area contributed by atoms with Crippen LogP contribution < -0.4 is 10.1 Å². The number of hydrogen-bond donors (Lipinski definition) is 2. The number of benzene rings is 2. The summed E-state index contributed by atoms with van der Waals surface area (Å²) < 4.78 is 31.9. The Kier molecular flexibility index (Phi) is 5.92. The molecule has 0 aromatic heterocycles. The lowest BCUT2D eigenvalue weighted by molar-refractivity contribution is -0.139. The normalized spacial score (nSPS) is 12.9. The number of amides is 1. The number of carboxylic acids is 1. The highest BCUT2D eigenvalue weighted by Gasteiger charge is 2.32. The summed E-state index contributed by atoms with van der Waals surface area (Å²) in [6, 6.07) is 9.61. The predicted octanol–water partition coefficient (Wildman–Crippen LogP) is 3.02. The van der Waals surface area contributed by atoms with Crippen LogP contribution in [0.1, 0.15) is 24.5 Å². The van der Waals surface area contributed by atoms with Crippen molar-refractivity contribution >= 4 is 11.9 Å². The smallest absolute Gasteiger partial charge is 0.306 e. The van der Waals surface area contributed by atoms with Crippen molar-refractivity contribution in [1.82, 2.24) is 5.32 Å². The Hall–Kier alpha value is -2.96. The highest BCUT2D eigenvalue weighted by atomic mass is 19.1. The van der Waals surface area contributed by atoms with Gasteiger partial charge in [-0.1, -0.05) is 18.2 Å². The molecule has 0 bridgehead atoms. The Balaban J connectivity index is 2.26. The predicted molar refractivity (Wildman–Crippen MR) is 90.8 cm³/mol. The Labute approximate surface area is 149 Å². The Morgan fingerprint density at radius 3 is 2.54 bits per heavy atom. The zero-order valence-electron chi connectivity index (χ0n) is 14.4. The molecule has 1 unspecified atom stereocenters. The molecule has 0 aliphatic rings. The van der Waals surface area contributed by atoms with Crippen molar-refractivity contribution in [1.29, 1.82) is 0 Å². The molecule has 0 spiro atoms. The van der Waals surface area contributed by atoms with Crippen LogP contribution in [0.5, 0.6) is 5.75 Å². The fraction of sp³-hybridized carbons (Fsp3) is 0.263. The zero-order valence-corrected chi connectivity index (χ0v) is 14.4. The van der Waals surface area contributed by atoms with Crippen molar-refractivity contribution in [2.24, 2.45) is 0 Å². The maximum atomic E-state index is 13.7. The number of nitrogens with one attached hydrogen (secondary N) is 1. The summed E-state index contributed by atoms with van der Waals surface area (Å²) in [6.07, 6.45) is -0.719. The zero-order chi connectivity index (χ0) is 19.3. The first kappa shape index (κ1) is 19.4. The van der Waals surface area contributed by atoms with E-state index in [2.05, 4.69) is 5.32 Å². The van der Waals surface area contributed by atoms with Gasteiger partial charge in [0.15, 0.2) is 0 Å². The third-order valence-corrected chi connectivity index (χ3v) is 3.99. The number of carbonyl (C=O) groups excluding carboxylic acids is 1. The third kappa shape index (κ3) is 4.78. The Morgan fingerprint density at radius 1 is 1.19 bits per heavy atom. The molecular weight excluding hydrogens is 344 g/mol. The summed E-state index contributed by atoms with van der Waals surface area (Å²) in [6.45, 7) is 1.56. The van der Waals surface area contributed by atoms with E-state index < -0.39 is 29.0 Å². The highest BCUT2D eigenvalue weighted by Crippen LogP contribution is 2.28. The molecule has 0 aliphatic carbocycles. The maximum absolute atomic E-state index is 13.7. The number of hydrogen-bond acceptors (Lipinski definition) is 3. The summed E-state index contributed by atoms with van der Waals surface area (Å²) in [5.41, 5.74) is -0.673. The molecule has 7 heteroatoms. The molecule has 138 valence electrons. The lowest BCUT2D eigenvalue weighted by Gasteiger charge is -2.30. The molecule has 0 radical (unpaired) electrons. The first-order valence-electron chi connectivity index (χ1n) is 7.85. The second kappa shape index (κ2) is 7.95. The van der Waals surface area contributed by atoms with E-state index in [4.69, 9.17) is 4.74 Å². The van der Waals surface area contributed by atoms with Crippen molar-refractivity contribution in [3.05, 3.63) is 65.2 Å². The van der Waals surface area contributed by atoms with Gasteiger partial charge in [-0.25, -0.2) is 8.78 Å². The molecule has 0 saturated carbocycles. The first-order valence-corrected chi connectivity index (χ1v) is 7.85. The summed E-state index contributed by atoms with van der Waals surface area (Å²) in [5.74, 6) is -2.75. The quantitative estimate of drug-likeness (QED) is 0.793. The summed E-state index contributed by atoms with van der Waals surface area (Å²) >= 11 is 0. The van der Waals surface area contributed by atoms with Crippen molar-refractivity contribution in [2.75, 3.05) is 7.11 Å². The molecule has 5 nitrogen and oxygen atoms in total. The van der Waals surface area contributed by atoms with Gasteiger partial charge in [-0.2, -0.15) is 0 Å². The van der Waals surface area contributed by atoms with E-state index in [0.29, 0.717) is 17.4 Å². The SMILES string of the molecule is COc1cccc(C(C)(CC(=O)O)NC(=O)Cc2ccc(F)cc2F)c1. The van der Waals surface area contributed by atoms with Crippen molar-refractivity contribution < 1.29 is 28.2 Å². The molecule has 0 aliphatic heterocycles. The van der Waals surface area contributed by atoms with Gasteiger partial charge in [0.2, 0.25) is 5.91 Å². The molecular formula is C19H19F2NO4. The van der Waals surface area contributed by atoms with Crippen molar-refractivity contribution in [3.8, 4) is 5.75 Å². The number of aliphatic carboxylic acids is 1. The molecule has 2 aromatic rings. The summed E-state index contributed by atoms with van der Waals surface area (Å²) in [4.78, 5) is 23.7. The van der Waals surface area contributed by atoms with E-state index >= 15 is 0 Å². The van der Waals surface area contributed by atoms with Crippen LogP contribution in [0, 0.1) is 11.6 Å². The maximum Gasteiger partial charge on any atom is 0.306 e. The second-order valence-corrected chi connectivity index (χ2v) is 6.10. The average Bonchev–Trinajstić information content (AvgIpc) is 2.56. The van der Waals surface area contributed by atoms with E-state index in [1.54, 1.807) is 31.2 Å². The molecule has 0 fully saturated rings. The minimum atomic E-state index is -1.23. The number of halogens is 2. The van der Waals surface area contributed by atoms with Crippen LogP contribution >= 0.6 is 0 Å². The van der Waals surface area contributed by atoms with Crippen LogP contribution in [0.15, 0.2) is 42.5 Å². The van der Waals surface area contributed by atoms with Gasteiger partial charge in [-0.05, 0) is 36.2 Å². The molecule has 0 saturated heterocycles. The minimum Gasteiger partial charge on any atom is -0.497 e. The molecule has 26 heavy (non-hydrogen) atoms. The lowest BCUT2D eigenvalue weighted by Crippen LogP contribution is -2.45. The van der Waals surface area contributed by atoms with Gasteiger partial charge in [-0.3, -0.25) is 9.59 Å². The van der Waals surface area contributed by atoms with Gasteiger partial charge in [0.05, 0.1) is 25.5 Å². The minimum absolute atomic E-state index is 0.0206. The van der Waals surface area contributed by atoms with Crippen LogP contribution in [0.25, 0.3) is 0 Å². The van der Waals surface area contributed by atoms with E-state index in [-0.39, 0.29) is 18.4 Å². The van der Waals surface area contributed by atoms with Crippen molar-refractivity contribution in [2.45, 2.75) is 25.3 Å². The largest absolute Gasteiger partial charge is 0.497 e. The van der Waals surface area contributed by atoms with Gasteiger partial charge in [0.1, 0.15) is 17.4 Å². The van der Waals surface area contributed by atoms with Gasteiger partial charge in [0.25, 0.3) is 0 Å². The van der Waals surface area contributed by atoms with Gasteiger partial charge in [-0.15, -0.1) is 0 Å². The number of ether oxygens (including phenoxy) is 1. The number of rotatable bonds is 7. The van der Waals surface area contributed by atoms with Crippen LogP contribution in [0.2, 0.25) is 0 Å². The monoisotopic (exact) mass is 363 g/mol. The van der Waals surface area contributed by atoms with Gasteiger partial charge in [0, 0.05) is 6.07 Å². The van der Waals surface area contributed by atoms with Crippen LogP contribution in [-0.2, 0) is 21.5 Å². The number of methoxy groups -OCH3 is 1. The molecule has 2 aromatic carbocycles.